The van der Waals surface area contributed by atoms with Gasteiger partial charge in [-0.3, -0.25) is 0 Å². The Hall–Kier alpha value is -1.01. The van der Waals surface area contributed by atoms with Gasteiger partial charge in [0.15, 0.2) is 6.26 Å². The van der Waals surface area contributed by atoms with Crippen LogP contribution in [0, 0.1) is 6.26 Å². The number of halogens is 1. The number of anilines is 2. The predicted octanol–water partition coefficient (Wildman–Crippen LogP) is 3.24. The molecule has 2 aromatic rings. The minimum Gasteiger partial charge on any atom is -0.455 e. The van der Waals surface area contributed by atoms with Crippen molar-refractivity contribution in [3.63, 3.8) is 0 Å². The van der Waals surface area contributed by atoms with Crippen LogP contribution in [-0.2, 0) is 5.75 Å². The van der Waals surface area contributed by atoms with Crippen LogP contribution in [-0.4, -0.2) is 16.2 Å². The highest BCUT2D eigenvalue weighted by Gasteiger charge is 2.03. The Morgan fingerprint density at radius 3 is 2.94 bits per heavy atom. The second kappa shape index (κ2) is 5.36. The molecular formula is C10H9BrN3OS. The van der Waals surface area contributed by atoms with Crippen LogP contribution in [0.4, 0.5) is 11.6 Å². The number of aromatic nitrogens is 2. The second-order valence-electron chi connectivity index (χ2n) is 3.01. The highest BCUT2D eigenvalue weighted by Crippen LogP contribution is 2.19. The molecule has 16 heavy (non-hydrogen) atoms. The van der Waals surface area contributed by atoms with Crippen LogP contribution in [0.15, 0.2) is 27.3 Å². The number of thioether (sulfide) groups is 1. The molecule has 4 nitrogen and oxygen atoms in total. The SMILES string of the molecule is CSCc1cc(Nc2ncc(Br)cn2)[c]o1. The maximum absolute atomic E-state index is 5.23. The van der Waals surface area contributed by atoms with Gasteiger partial charge in [0.05, 0.1) is 15.9 Å². The molecule has 2 rings (SSSR count). The summed E-state index contributed by atoms with van der Waals surface area (Å²) in [6, 6.07) is 1.89. The molecule has 0 amide bonds. The van der Waals surface area contributed by atoms with E-state index in [1.54, 1.807) is 24.2 Å². The van der Waals surface area contributed by atoms with E-state index in [2.05, 4.69) is 37.5 Å². The summed E-state index contributed by atoms with van der Waals surface area (Å²) in [5, 5.41) is 3.01. The average Bonchev–Trinajstić information content (AvgIpc) is 2.70. The fourth-order valence-corrected chi connectivity index (χ4v) is 1.74. The average molecular weight is 299 g/mol. The van der Waals surface area contributed by atoms with Crippen molar-refractivity contribution in [2.45, 2.75) is 5.75 Å². The number of furan rings is 1. The molecule has 83 valence electrons. The van der Waals surface area contributed by atoms with Crippen molar-refractivity contribution < 1.29 is 4.42 Å². The Labute approximate surface area is 106 Å². The minimum atomic E-state index is 0.524. The number of hydrogen-bond donors (Lipinski definition) is 1. The molecule has 1 N–H and O–H groups in total. The third kappa shape index (κ3) is 2.99. The molecule has 2 aromatic heterocycles. The molecule has 0 unspecified atom stereocenters. The van der Waals surface area contributed by atoms with Gasteiger partial charge in [0.25, 0.3) is 0 Å². The summed E-state index contributed by atoms with van der Waals surface area (Å²) >= 11 is 4.97. The molecule has 1 radical (unpaired) electrons. The topological polar surface area (TPSA) is 51.0 Å². The summed E-state index contributed by atoms with van der Waals surface area (Å²) < 4.78 is 6.07. The van der Waals surface area contributed by atoms with E-state index in [9.17, 15) is 0 Å². The minimum absolute atomic E-state index is 0.524. The number of nitrogens with zero attached hydrogens (tertiary/aromatic N) is 2. The molecule has 6 heteroatoms. The quantitative estimate of drug-likeness (QED) is 0.939. The zero-order valence-electron chi connectivity index (χ0n) is 8.53. The normalized spacial score (nSPS) is 10.4. The molecule has 0 bridgehead atoms. The first kappa shape index (κ1) is 11.5. The van der Waals surface area contributed by atoms with E-state index in [-0.39, 0.29) is 0 Å². The lowest BCUT2D eigenvalue weighted by atomic mass is 10.4. The first-order chi connectivity index (χ1) is 7.78. The van der Waals surface area contributed by atoms with Crippen molar-refractivity contribution in [3.8, 4) is 0 Å². The fraction of sp³-hybridized carbons (Fsp3) is 0.200. The summed E-state index contributed by atoms with van der Waals surface area (Å²) in [4.78, 5) is 8.19. The van der Waals surface area contributed by atoms with Gasteiger partial charge < -0.3 is 9.73 Å². The Bertz CT molecular complexity index is 457. The molecule has 0 saturated carbocycles. The number of hydrogen-bond acceptors (Lipinski definition) is 5. The van der Waals surface area contributed by atoms with E-state index >= 15 is 0 Å². The standard InChI is InChI=1S/C10H9BrN3OS/c1-16-6-9-2-8(5-15-9)14-10-12-3-7(11)4-13-10/h2-4H,6H2,1H3,(H,12,13,14). The zero-order chi connectivity index (χ0) is 11.4. The molecular weight excluding hydrogens is 290 g/mol. The number of nitrogens with one attached hydrogen (secondary N) is 1. The lowest BCUT2D eigenvalue weighted by Gasteiger charge is -1.99. The molecule has 0 aliphatic rings. The van der Waals surface area contributed by atoms with E-state index < -0.39 is 0 Å². The van der Waals surface area contributed by atoms with Crippen molar-refractivity contribution in [3.05, 3.63) is 35.0 Å². The van der Waals surface area contributed by atoms with Gasteiger partial charge in [-0.25, -0.2) is 9.97 Å². The van der Waals surface area contributed by atoms with Gasteiger partial charge in [-0.05, 0) is 22.2 Å². The predicted molar refractivity (Wildman–Crippen MR) is 67.8 cm³/mol. The van der Waals surface area contributed by atoms with Crippen LogP contribution < -0.4 is 5.32 Å². The summed E-state index contributed by atoms with van der Waals surface area (Å²) in [6.07, 6.45) is 8.14. The lowest BCUT2D eigenvalue weighted by Crippen LogP contribution is -1.94. The molecule has 0 fully saturated rings. The first-order valence-corrected chi connectivity index (χ1v) is 6.70. The van der Waals surface area contributed by atoms with Gasteiger partial charge in [0.1, 0.15) is 5.76 Å². The van der Waals surface area contributed by atoms with Crippen LogP contribution in [0.2, 0.25) is 0 Å². The summed E-state index contributed by atoms with van der Waals surface area (Å²) in [6.45, 7) is 0. The molecule has 0 atom stereocenters. The van der Waals surface area contributed by atoms with Crippen molar-refractivity contribution in [1.82, 2.24) is 9.97 Å². The summed E-state index contributed by atoms with van der Waals surface area (Å²) in [5.74, 6) is 2.24. The van der Waals surface area contributed by atoms with E-state index in [0.717, 1.165) is 21.7 Å². The van der Waals surface area contributed by atoms with Crippen LogP contribution in [0.3, 0.4) is 0 Å². The molecule has 2 heterocycles. The third-order valence-electron chi connectivity index (χ3n) is 1.75. The smallest absolute Gasteiger partial charge is 0.227 e. The van der Waals surface area contributed by atoms with E-state index in [1.807, 2.05) is 12.3 Å². The van der Waals surface area contributed by atoms with Gasteiger partial charge in [-0.2, -0.15) is 11.8 Å². The second-order valence-corrected chi connectivity index (χ2v) is 4.79. The molecule has 0 saturated heterocycles. The Morgan fingerprint density at radius 1 is 1.50 bits per heavy atom. The largest absolute Gasteiger partial charge is 0.455 e. The maximum Gasteiger partial charge on any atom is 0.227 e. The van der Waals surface area contributed by atoms with Crippen molar-refractivity contribution >= 4 is 39.3 Å². The van der Waals surface area contributed by atoms with E-state index in [4.69, 9.17) is 4.42 Å². The van der Waals surface area contributed by atoms with E-state index in [0.29, 0.717) is 5.95 Å². The van der Waals surface area contributed by atoms with Crippen LogP contribution in [0.25, 0.3) is 0 Å². The lowest BCUT2D eigenvalue weighted by molar-refractivity contribution is 0.523. The van der Waals surface area contributed by atoms with Gasteiger partial charge in [-0.15, -0.1) is 0 Å². The Balaban J connectivity index is 2.05. The molecule has 0 aliphatic carbocycles. The van der Waals surface area contributed by atoms with E-state index in [1.165, 1.54) is 0 Å². The monoisotopic (exact) mass is 298 g/mol. The zero-order valence-corrected chi connectivity index (χ0v) is 10.9. The molecule has 0 spiro atoms. The van der Waals surface area contributed by atoms with Crippen LogP contribution in [0.1, 0.15) is 5.76 Å². The van der Waals surface area contributed by atoms with Crippen LogP contribution in [0.5, 0.6) is 0 Å². The maximum atomic E-state index is 5.23. The van der Waals surface area contributed by atoms with Crippen LogP contribution >= 0.6 is 27.7 Å². The fourth-order valence-electron chi connectivity index (χ4n) is 1.11. The van der Waals surface area contributed by atoms with Crippen molar-refractivity contribution in [1.29, 1.82) is 0 Å². The van der Waals surface area contributed by atoms with Gasteiger partial charge >= 0.3 is 0 Å². The molecule has 0 aliphatic heterocycles. The number of rotatable bonds is 4. The summed E-state index contributed by atoms with van der Waals surface area (Å²) in [5.41, 5.74) is 0.742. The Morgan fingerprint density at radius 2 is 2.25 bits per heavy atom. The third-order valence-corrected chi connectivity index (χ3v) is 2.73. The highest BCUT2D eigenvalue weighted by atomic mass is 79.9. The van der Waals surface area contributed by atoms with Crippen molar-refractivity contribution in [2.75, 3.05) is 11.6 Å². The Kier molecular flexibility index (Phi) is 3.84. The highest BCUT2D eigenvalue weighted by molar-refractivity contribution is 9.10. The van der Waals surface area contributed by atoms with Gasteiger partial charge in [-0.1, -0.05) is 0 Å². The molecule has 0 aromatic carbocycles. The van der Waals surface area contributed by atoms with Crippen molar-refractivity contribution in [2.24, 2.45) is 0 Å². The van der Waals surface area contributed by atoms with Gasteiger partial charge in [0, 0.05) is 18.5 Å². The summed E-state index contributed by atoms with van der Waals surface area (Å²) in [7, 11) is 0. The van der Waals surface area contributed by atoms with Gasteiger partial charge in [0.2, 0.25) is 5.95 Å². The first-order valence-electron chi connectivity index (χ1n) is 4.52.